The Bertz CT molecular complexity index is 1070. The minimum atomic E-state index is -0.332. The second-order valence-corrected chi connectivity index (χ2v) is 10.9. The maximum Gasteiger partial charge on any atom is 0.227 e. The van der Waals surface area contributed by atoms with Crippen molar-refractivity contribution in [1.82, 2.24) is 9.80 Å². The van der Waals surface area contributed by atoms with Crippen LogP contribution in [0, 0.1) is 5.41 Å². The molecule has 1 amide bonds. The first kappa shape index (κ1) is 25.2. The molecule has 0 bridgehead atoms. The van der Waals surface area contributed by atoms with Crippen LogP contribution in [0.25, 0.3) is 0 Å². The van der Waals surface area contributed by atoms with Gasteiger partial charge in [-0.15, -0.1) is 0 Å². The van der Waals surface area contributed by atoms with Crippen LogP contribution in [0.2, 0.25) is 10.0 Å². The van der Waals surface area contributed by atoms with Gasteiger partial charge in [0.1, 0.15) is 5.78 Å². The molecule has 0 unspecified atom stereocenters. The molecule has 5 nitrogen and oxygen atoms in total. The smallest absolute Gasteiger partial charge is 0.227 e. The van der Waals surface area contributed by atoms with Crippen LogP contribution in [-0.2, 0) is 22.4 Å². The van der Waals surface area contributed by atoms with E-state index in [4.69, 9.17) is 23.2 Å². The van der Waals surface area contributed by atoms with Gasteiger partial charge in [0, 0.05) is 38.5 Å². The lowest BCUT2D eigenvalue weighted by Gasteiger charge is -2.32. The molecule has 1 saturated heterocycles. The first-order valence-electron chi connectivity index (χ1n) is 11.9. The number of likely N-dealkylation sites (N-methyl/N-ethyl adjacent to an activating group) is 1. The van der Waals surface area contributed by atoms with Crippen LogP contribution < -0.4 is 0 Å². The number of halogens is 2. The predicted octanol–water partition coefficient (Wildman–Crippen LogP) is 4.71. The van der Waals surface area contributed by atoms with Gasteiger partial charge in [0.05, 0.1) is 28.6 Å². The number of nitrogens with zero attached hydrogens (tertiary/aromatic N) is 2. The SMILES string of the molecule is CN(C(=O)Cc1ccc(Cl)c(Cl)c1)[C@H](CN1CC[C@H](O)C1)c1cccc(CC(=O)C2(C)CC2)c1. The van der Waals surface area contributed by atoms with Gasteiger partial charge in [0.25, 0.3) is 0 Å². The lowest BCUT2D eigenvalue weighted by Crippen LogP contribution is -2.39. The van der Waals surface area contributed by atoms with E-state index in [1.54, 1.807) is 17.0 Å². The number of β-amino-alcohol motifs (C(OH)–C–C–N with tert-alkyl or cyclic N) is 1. The molecule has 1 saturated carbocycles. The van der Waals surface area contributed by atoms with Crippen LogP contribution in [0.4, 0.5) is 0 Å². The van der Waals surface area contributed by atoms with Crippen LogP contribution in [-0.4, -0.2) is 59.4 Å². The van der Waals surface area contributed by atoms with Crippen molar-refractivity contribution in [3.63, 3.8) is 0 Å². The average molecular weight is 503 g/mol. The van der Waals surface area contributed by atoms with Crippen LogP contribution >= 0.6 is 23.2 Å². The van der Waals surface area contributed by atoms with Crippen molar-refractivity contribution in [2.45, 2.75) is 51.2 Å². The highest BCUT2D eigenvalue weighted by Gasteiger charge is 2.44. The van der Waals surface area contributed by atoms with Crippen molar-refractivity contribution in [2.24, 2.45) is 5.41 Å². The molecule has 2 aromatic carbocycles. The molecule has 0 spiro atoms. The average Bonchev–Trinajstić information content (AvgIpc) is 3.43. The molecule has 34 heavy (non-hydrogen) atoms. The van der Waals surface area contributed by atoms with Gasteiger partial charge in [-0.1, -0.05) is 60.5 Å². The highest BCUT2D eigenvalue weighted by atomic mass is 35.5. The van der Waals surface area contributed by atoms with Crippen molar-refractivity contribution < 1.29 is 14.7 Å². The summed E-state index contributed by atoms with van der Waals surface area (Å²) < 4.78 is 0. The fourth-order valence-electron chi connectivity index (χ4n) is 4.57. The summed E-state index contributed by atoms with van der Waals surface area (Å²) in [6.45, 7) is 4.05. The minimum Gasteiger partial charge on any atom is -0.392 e. The highest BCUT2D eigenvalue weighted by Crippen LogP contribution is 2.46. The molecular weight excluding hydrogens is 471 g/mol. The van der Waals surface area contributed by atoms with Crippen LogP contribution in [0.1, 0.15) is 48.9 Å². The van der Waals surface area contributed by atoms with E-state index in [-0.39, 0.29) is 35.7 Å². The number of aliphatic hydroxyl groups excluding tert-OH is 1. The number of rotatable bonds is 9. The Kier molecular flexibility index (Phi) is 7.68. The van der Waals surface area contributed by atoms with Crippen LogP contribution in [0.15, 0.2) is 42.5 Å². The summed E-state index contributed by atoms with van der Waals surface area (Å²) in [5.41, 5.74) is 2.62. The molecule has 0 aromatic heterocycles. The lowest BCUT2D eigenvalue weighted by molar-refractivity contribution is -0.131. The van der Waals surface area contributed by atoms with Gasteiger partial charge in [-0.3, -0.25) is 14.5 Å². The predicted molar refractivity (Wildman–Crippen MR) is 135 cm³/mol. The van der Waals surface area contributed by atoms with Gasteiger partial charge in [-0.2, -0.15) is 0 Å². The van der Waals surface area contributed by atoms with E-state index in [0.717, 1.165) is 42.5 Å². The maximum absolute atomic E-state index is 13.3. The third-order valence-electron chi connectivity index (χ3n) is 7.25. The number of aliphatic hydroxyl groups is 1. The Balaban J connectivity index is 1.54. The molecule has 2 aromatic rings. The van der Waals surface area contributed by atoms with E-state index in [9.17, 15) is 14.7 Å². The first-order chi connectivity index (χ1) is 16.1. The number of hydrogen-bond donors (Lipinski definition) is 1. The summed E-state index contributed by atoms with van der Waals surface area (Å²) >= 11 is 12.2. The van der Waals surface area contributed by atoms with Gasteiger partial charge in [0.2, 0.25) is 5.91 Å². The Morgan fingerprint density at radius 3 is 2.50 bits per heavy atom. The summed E-state index contributed by atoms with van der Waals surface area (Å²) in [5.74, 6) is 0.253. The van der Waals surface area contributed by atoms with E-state index in [1.807, 2.05) is 38.2 Å². The van der Waals surface area contributed by atoms with E-state index in [2.05, 4.69) is 11.0 Å². The zero-order valence-electron chi connectivity index (χ0n) is 19.8. The molecule has 1 aliphatic carbocycles. The van der Waals surface area contributed by atoms with Gasteiger partial charge in [0.15, 0.2) is 0 Å². The van der Waals surface area contributed by atoms with E-state index in [0.29, 0.717) is 29.6 Å². The summed E-state index contributed by atoms with van der Waals surface area (Å²) in [6.07, 6.45) is 2.97. The highest BCUT2D eigenvalue weighted by molar-refractivity contribution is 6.42. The zero-order chi connectivity index (χ0) is 24.5. The molecule has 1 heterocycles. The van der Waals surface area contributed by atoms with E-state index < -0.39 is 0 Å². The summed E-state index contributed by atoms with van der Waals surface area (Å²) in [5, 5.41) is 10.9. The fraction of sp³-hybridized carbons (Fsp3) is 0.481. The molecule has 7 heteroatoms. The molecule has 2 fully saturated rings. The minimum absolute atomic E-state index is 0.0323. The number of carbonyl (C=O) groups excluding carboxylic acids is 2. The number of amides is 1. The zero-order valence-corrected chi connectivity index (χ0v) is 21.3. The topological polar surface area (TPSA) is 60.9 Å². The third-order valence-corrected chi connectivity index (χ3v) is 7.99. The molecule has 2 aliphatic rings. The lowest BCUT2D eigenvalue weighted by atomic mass is 9.94. The maximum atomic E-state index is 13.3. The van der Waals surface area contributed by atoms with Crippen molar-refractivity contribution >= 4 is 34.9 Å². The Hall–Kier alpha value is -1.92. The van der Waals surface area contributed by atoms with Gasteiger partial charge in [-0.05, 0) is 48.1 Å². The second-order valence-electron chi connectivity index (χ2n) is 10.1. The molecular formula is C27H32Cl2N2O3. The van der Waals surface area contributed by atoms with Crippen LogP contribution in [0.3, 0.4) is 0 Å². The Morgan fingerprint density at radius 1 is 1.12 bits per heavy atom. The number of hydrogen-bond acceptors (Lipinski definition) is 4. The molecule has 2 atom stereocenters. The second kappa shape index (κ2) is 10.4. The van der Waals surface area contributed by atoms with Gasteiger partial charge in [-0.25, -0.2) is 0 Å². The Labute approximate surface area is 211 Å². The normalized spacial score (nSPS) is 20.2. The molecule has 4 rings (SSSR count). The van der Waals surface area contributed by atoms with E-state index in [1.165, 1.54) is 0 Å². The number of ketones is 1. The number of Topliss-reactive ketones (excluding diaryl/α,β-unsaturated/α-hetero) is 1. The standard InChI is InChI=1S/C27H32Cl2N2O3/c1-27(9-10-27)25(33)14-18-4-3-5-20(12-18)24(17-31-11-8-21(32)16-31)30(2)26(34)15-19-6-7-22(28)23(29)13-19/h3-7,12-13,21,24,32H,8-11,14-17H2,1-2H3/t21-,24+/m0/s1. The molecule has 182 valence electrons. The fourth-order valence-corrected chi connectivity index (χ4v) is 4.89. The molecule has 1 aliphatic heterocycles. The first-order valence-corrected chi connectivity index (χ1v) is 12.6. The Morgan fingerprint density at radius 2 is 1.85 bits per heavy atom. The van der Waals surface area contributed by atoms with Gasteiger partial charge < -0.3 is 10.0 Å². The quantitative estimate of drug-likeness (QED) is 0.539. The molecule has 1 N–H and O–H groups in total. The van der Waals surface area contributed by atoms with Crippen molar-refractivity contribution in [1.29, 1.82) is 0 Å². The van der Waals surface area contributed by atoms with Gasteiger partial charge >= 0.3 is 0 Å². The van der Waals surface area contributed by atoms with E-state index >= 15 is 0 Å². The van der Waals surface area contributed by atoms with Crippen molar-refractivity contribution in [2.75, 3.05) is 26.7 Å². The monoisotopic (exact) mass is 502 g/mol. The summed E-state index contributed by atoms with van der Waals surface area (Å²) in [6, 6.07) is 13.1. The number of benzene rings is 2. The number of likely N-dealkylation sites (tertiary alicyclic amines) is 1. The van der Waals surface area contributed by atoms with Crippen molar-refractivity contribution in [3.8, 4) is 0 Å². The largest absolute Gasteiger partial charge is 0.392 e. The number of carbonyl (C=O) groups is 2. The van der Waals surface area contributed by atoms with Crippen LogP contribution in [0.5, 0.6) is 0 Å². The summed E-state index contributed by atoms with van der Waals surface area (Å²) in [7, 11) is 1.82. The van der Waals surface area contributed by atoms with Crippen molar-refractivity contribution in [3.05, 3.63) is 69.2 Å². The third kappa shape index (κ3) is 6.01. The molecule has 0 radical (unpaired) electrons. The summed E-state index contributed by atoms with van der Waals surface area (Å²) in [4.78, 5) is 29.9.